The first-order valence-corrected chi connectivity index (χ1v) is 9.69. The zero-order valence-corrected chi connectivity index (χ0v) is 15.7. The van der Waals surface area contributed by atoms with Crippen LogP contribution in [0.3, 0.4) is 0 Å². The monoisotopic (exact) mass is 377 g/mol. The molecule has 5 rings (SSSR count). The van der Waals surface area contributed by atoms with Gasteiger partial charge in [0.2, 0.25) is 6.79 Å². The molecule has 0 atom stereocenters. The summed E-state index contributed by atoms with van der Waals surface area (Å²) in [6.07, 6.45) is 1.84. The van der Waals surface area contributed by atoms with E-state index < -0.39 is 0 Å². The number of benzene rings is 2. The van der Waals surface area contributed by atoms with Crippen molar-refractivity contribution in [3.63, 3.8) is 0 Å². The summed E-state index contributed by atoms with van der Waals surface area (Å²) in [4.78, 5) is 20.6. The Morgan fingerprint density at radius 3 is 2.64 bits per heavy atom. The van der Waals surface area contributed by atoms with Crippen LogP contribution in [0.25, 0.3) is 10.9 Å². The highest BCUT2D eigenvalue weighted by molar-refractivity contribution is 6.08. The van der Waals surface area contributed by atoms with Gasteiger partial charge in [-0.3, -0.25) is 14.6 Å². The number of aromatic nitrogens is 1. The van der Waals surface area contributed by atoms with Crippen LogP contribution in [0, 0.1) is 0 Å². The molecule has 6 heteroatoms. The molecule has 0 saturated carbocycles. The molecule has 144 valence electrons. The van der Waals surface area contributed by atoms with Crippen molar-refractivity contribution in [2.75, 3.05) is 39.5 Å². The average Bonchev–Trinajstić information content (AvgIpc) is 3.36. The number of nitrogens with one attached hydrogen (secondary N) is 1. The molecule has 6 nitrogen and oxygen atoms in total. The molecular weight excluding hydrogens is 354 g/mol. The fourth-order valence-electron chi connectivity index (χ4n) is 3.99. The Balaban J connectivity index is 1.16. The van der Waals surface area contributed by atoms with Crippen molar-refractivity contribution in [2.24, 2.45) is 0 Å². The minimum atomic E-state index is 0.182. The highest BCUT2D eigenvalue weighted by Crippen LogP contribution is 2.32. The molecule has 0 amide bonds. The van der Waals surface area contributed by atoms with Crippen LogP contribution >= 0.6 is 0 Å². The summed E-state index contributed by atoms with van der Waals surface area (Å²) in [5.41, 5.74) is 3.03. The molecule has 1 N–H and O–H groups in total. The number of Topliss-reactive ketones (excluding diaryl/α,β-unsaturated/α-hetero) is 1. The van der Waals surface area contributed by atoms with Gasteiger partial charge in [-0.2, -0.15) is 0 Å². The lowest BCUT2D eigenvalue weighted by Gasteiger charge is -2.34. The van der Waals surface area contributed by atoms with Crippen LogP contribution in [-0.4, -0.2) is 60.1 Å². The topological polar surface area (TPSA) is 57.8 Å². The number of nitrogens with zero attached hydrogens (tertiary/aromatic N) is 2. The van der Waals surface area contributed by atoms with Gasteiger partial charge in [-0.1, -0.05) is 24.3 Å². The minimum Gasteiger partial charge on any atom is -0.454 e. The number of H-pyrrole nitrogens is 1. The van der Waals surface area contributed by atoms with E-state index >= 15 is 0 Å². The number of hydrogen-bond acceptors (Lipinski definition) is 5. The van der Waals surface area contributed by atoms with Crippen LogP contribution in [0.2, 0.25) is 0 Å². The first-order chi connectivity index (χ1) is 13.8. The lowest BCUT2D eigenvalue weighted by molar-refractivity contribution is 0.0845. The van der Waals surface area contributed by atoms with Crippen molar-refractivity contribution in [1.29, 1.82) is 0 Å². The second kappa shape index (κ2) is 7.30. The van der Waals surface area contributed by atoms with Crippen molar-refractivity contribution >= 4 is 16.7 Å². The van der Waals surface area contributed by atoms with Gasteiger partial charge in [-0.05, 0) is 23.8 Å². The quantitative estimate of drug-likeness (QED) is 0.693. The molecule has 3 heterocycles. The first-order valence-electron chi connectivity index (χ1n) is 9.69. The normalized spacial score (nSPS) is 17.3. The summed E-state index contributed by atoms with van der Waals surface area (Å²) in [5.74, 6) is 1.84. The third-order valence-corrected chi connectivity index (χ3v) is 5.56. The van der Waals surface area contributed by atoms with Crippen LogP contribution in [0.5, 0.6) is 11.5 Å². The zero-order valence-electron chi connectivity index (χ0n) is 15.7. The third kappa shape index (κ3) is 3.37. The van der Waals surface area contributed by atoms with Gasteiger partial charge >= 0.3 is 0 Å². The van der Waals surface area contributed by atoms with Gasteiger partial charge in [0.1, 0.15) is 0 Å². The summed E-state index contributed by atoms with van der Waals surface area (Å²) >= 11 is 0. The summed E-state index contributed by atoms with van der Waals surface area (Å²) in [6, 6.07) is 14.1. The molecule has 1 fully saturated rings. The molecule has 2 aliphatic heterocycles. The molecule has 0 spiro atoms. The van der Waals surface area contributed by atoms with E-state index in [-0.39, 0.29) is 5.78 Å². The number of carbonyl (C=O) groups is 1. The van der Waals surface area contributed by atoms with Crippen molar-refractivity contribution in [3.05, 3.63) is 59.8 Å². The maximum atomic E-state index is 12.8. The Morgan fingerprint density at radius 2 is 1.75 bits per heavy atom. The Kier molecular flexibility index (Phi) is 4.50. The van der Waals surface area contributed by atoms with Gasteiger partial charge in [0.25, 0.3) is 0 Å². The summed E-state index contributed by atoms with van der Waals surface area (Å²) < 4.78 is 10.8. The Labute approximate surface area is 163 Å². The van der Waals surface area contributed by atoms with Crippen LogP contribution in [0.4, 0.5) is 0 Å². The number of ether oxygens (including phenoxy) is 2. The van der Waals surface area contributed by atoms with E-state index in [2.05, 4.69) is 26.9 Å². The average molecular weight is 377 g/mol. The zero-order chi connectivity index (χ0) is 18.9. The molecule has 2 aromatic carbocycles. The van der Waals surface area contributed by atoms with Crippen LogP contribution in [-0.2, 0) is 6.54 Å². The number of hydrogen-bond donors (Lipinski definition) is 1. The molecule has 1 aromatic heterocycles. The molecule has 28 heavy (non-hydrogen) atoms. The van der Waals surface area contributed by atoms with Gasteiger partial charge in [0, 0.05) is 55.4 Å². The molecule has 0 radical (unpaired) electrons. The van der Waals surface area contributed by atoms with E-state index in [9.17, 15) is 4.79 Å². The van der Waals surface area contributed by atoms with E-state index in [1.54, 1.807) is 0 Å². The minimum absolute atomic E-state index is 0.182. The standard InChI is InChI=1S/C22H23N3O3/c26-20(18-12-23-19-4-2-1-3-17(18)19)14-25-9-7-24(8-10-25)13-16-5-6-21-22(11-16)28-15-27-21/h1-6,11-12,23H,7-10,13-15H2. The predicted octanol–water partition coefficient (Wildman–Crippen LogP) is 2.90. The number of rotatable bonds is 5. The highest BCUT2D eigenvalue weighted by Gasteiger charge is 2.22. The molecule has 0 aliphatic carbocycles. The smallest absolute Gasteiger partial charge is 0.231 e. The van der Waals surface area contributed by atoms with Crippen LogP contribution in [0.1, 0.15) is 15.9 Å². The Morgan fingerprint density at radius 1 is 0.964 bits per heavy atom. The lowest BCUT2D eigenvalue weighted by atomic mass is 10.1. The van der Waals surface area contributed by atoms with Gasteiger partial charge in [-0.25, -0.2) is 0 Å². The summed E-state index contributed by atoms with van der Waals surface area (Å²) in [7, 11) is 0. The third-order valence-electron chi connectivity index (χ3n) is 5.56. The number of aromatic amines is 1. The number of para-hydroxylation sites is 1. The van der Waals surface area contributed by atoms with E-state index in [0.29, 0.717) is 13.3 Å². The Bertz CT molecular complexity index is 1010. The van der Waals surface area contributed by atoms with Crippen molar-refractivity contribution < 1.29 is 14.3 Å². The van der Waals surface area contributed by atoms with Crippen molar-refractivity contribution in [1.82, 2.24) is 14.8 Å². The lowest BCUT2D eigenvalue weighted by Crippen LogP contribution is -2.47. The fraction of sp³-hybridized carbons (Fsp3) is 0.318. The molecule has 1 saturated heterocycles. The van der Waals surface area contributed by atoms with Gasteiger partial charge < -0.3 is 14.5 Å². The highest BCUT2D eigenvalue weighted by atomic mass is 16.7. The molecule has 3 aromatic rings. The van der Waals surface area contributed by atoms with Crippen molar-refractivity contribution in [3.8, 4) is 11.5 Å². The summed E-state index contributed by atoms with van der Waals surface area (Å²) in [5, 5.41) is 1.01. The molecule has 2 aliphatic rings. The maximum Gasteiger partial charge on any atom is 0.231 e. The van der Waals surface area contributed by atoms with E-state index in [0.717, 1.165) is 60.7 Å². The SMILES string of the molecule is O=C(CN1CCN(Cc2ccc3c(c2)OCO3)CC1)c1c[nH]c2ccccc12. The number of fused-ring (bicyclic) bond motifs is 2. The summed E-state index contributed by atoms with van der Waals surface area (Å²) in [6.45, 7) is 5.38. The Hall–Kier alpha value is -2.83. The van der Waals surface area contributed by atoms with Crippen molar-refractivity contribution in [2.45, 2.75) is 6.54 Å². The van der Waals surface area contributed by atoms with Gasteiger partial charge in [0.15, 0.2) is 17.3 Å². The number of carbonyl (C=O) groups excluding carboxylic acids is 1. The molecule has 0 unspecified atom stereocenters. The molecular formula is C22H23N3O3. The number of piperazine rings is 1. The van der Waals surface area contributed by atoms with Gasteiger partial charge in [-0.15, -0.1) is 0 Å². The van der Waals surface area contributed by atoms with Crippen LogP contribution in [0.15, 0.2) is 48.7 Å². The van der Waals surface area contributed by atoms with E-state index in [1.165, 1.54) is 5.56 Å². The first kappa shape index (κ1) is 17.3. The maximum absolute atomic E-state index is 12.8. The van der Waals surface area contributed by atoms with E-state index in [1.807, 2.05) is 36.5 Å². The van der Waals surface area contributed by atoms with E-state index in [4.69, 9.17) is 9.47 Å². The van der Waals surface area contributed by atoms with Crippen LogP contribution < -0.4 is 9.47 Å². The largest absolute Gasteiger partial charge is 0.454 e. The van der Waals surface area contributed by atoms with Gasteiger partial charge in [0.05, 0.1) is 6.54 Å². The fourth-order valence-corrected chi connectivity index (χ4v) is 3.99. The molecule has 0 bridgehead atoms. The second-order valence-electron chi connectivity index (χ2n) is 7.41. The number of ketones is 1. The second-order valence-corrected chi connectivity index (χ2v) is 7.41. The predicted molar refractivity (Wildman–Crippen MR) is 107 cm³/mol.